The summed E-state index contributed by atoms with van der Waals surface area (Å²) in [6.45, 7) is 28.5. The normalized spacial score (nSPS) is 30.8. The van der Waals surface area contributed by atoms with E-state index in [1.807, 2.05) is 0 Å². The number of hydrogen-bond donors (Lipinski definition) is 0. The summed E-state index contributed by atoms with van der Waals surface area (Å²) >= 11 is 0. The molecule has 0 spiro atoms. The Hall–Kier alpha value is 0.997. The summed E-state index contributed by atoms with van der Waals surface area (Å²) in [5.41, 5.74) is 0. The molecule has 16 heterocycles. The summed E-state index contributed by atoms with van der Waals surface area (Å²) in [5, 5.41) is 0. The summed E-state index contributed by atoms with van der Waals surface area (Å²) in [7, 11) is 0. The van der Waals surface area contributed by atoms with Crippen LogP contribution in [0.2, 0.25) is 0 Å². The Morgan fingerprint density at radius 3 is 0.187 bits per heavy atom. The molecule has 16 bridgehead atoms. The topological polar surface area (TPSA) is 897 Å². The molecule has 0 aromatic heterocycles. The third kappa shape index (κ3) is 42.5. The van der Waals surface area contributed by atoms with Crippen LogP contribution >= 0.6 is 0 Å². The minimum absolute atomic E-state index is 0. The molecule has 470 valence electrons. The van der Waals surface area contributed by atoms with Crippen molar-refractivity contribution in [2.45, 2.75) is 0 Å². The van der Waals surface area contributed by atoms with Gasteiger partial charge in [-0.2, -0.15) is 0 Å². The van der Waals surface area contributed by atoms with Crippen LogP contribution in [0.1, 0.15) is 0 Å². The maximum atomic E-state index is 7.00. The van der Waals surface area contributed by atoms with Gasteiger partial charge in [-0.25, -0.2) is 0 Å². The van der Waals surface area contributed by atoms with Crippen molar-refractivity contribution in [2.75, 3.05) is 160 Å². The van der Waals surface area contributed by atoms with Gasteiger partial charge >= 0.3 is 102 Å². The summed E-state index contributed by atoms with van der Waals surface area (Å²) in [4.78, 5) is 53.5. The van der Waals surface area contributed by atoms with Crippen LogP contribution in [0.3, 0.4) is 0 Å². The molecule has 16 rings (SSSR count). The zero-order valence-corrected chi connectivity index (χ0v) is 46.6. The second kappa shape index (κ2) is 77.1. The van der Waals surface area contributed by atoms with Gasteiger partial charge in [-0.15, -0.1) is 0 Å². The zero-order valence-electron chi connectivity index (χ0n) is 39.5. The van der Waals surface area contributed by atoms with Crippen molar-refractivity contribution in [2.24, 2.45) is 0 Å². The van der Waals surface area contributed by atoms with Crippen LogP contribution in [-0.2, 0) is 174 Å². The Labute approximate surface area is 496 Å². The molecule has 28 N–H and O–H groups in total. The Balaban J connectivity index is -0.0000000154. The molecule has 75 heavy (non-hydrogen) atoms. The minimum atomic E-state index is 0. The van der Waals surface area contributed by atoms with Crippen LogP contribution in [0.25, 0.3) is 0 Å². The molecule has 0 saturated carbocycles. The molecule has 51 heteroatoms. The fourth-order valence-corrected chi connectivity index (χ4v) is 8.93. The second-order valence-electron chi connectivity index (χ2n) is 14.1. The van der Waals surface area contributed by atoms with E-state index in [9.17, 15) is 0 Å². The SMILES string of the molecule is C1N2CN3CN1CN(C2)C3.C1N2CN3CN1CN(C2)C3.C1N2CN3CN1CN(C2)C3.C1N2CN3CN1CN(C2)C3.O.O.O.O.O.O.O.O.O.O.O.O.O.O.O=O.[Cr+5].[Cr+5].[Cr+5].[Cr+5].[Ni+3].[Ni+3].[O-2].[O-2].[O-2].[O-2].[O-2].[O-2].[O-2].[O-2].[O-2].[O-2].[O-2].[O-2].[O-2]. The van der Waals surface area contributed by atoms with E-state index in [0.29, 0.717) is 0 Å². The van der Waals surface area contributed by atoms with Gasteiger partial charge in [0.15, 0.2) is 0 Å². The van der Waals surface area contributed by atoms with Crippen LogP contribution in [0.4, 0.5) is 0 Å². The van der Waals surface area contributed by atoms with Crippen molar-refractivity contribution in [3.63, 3.8) is 0 Å². The third-order valence-electron chi connectivity index (χ3n) is 9.60. The first-order valence-electron chi connectivity index (χ1n) is 15.3. The molecular weight excluding hydrogens is 1300 g/mol. The molecule has 16 fully saturated rings. The summed E-state index contributed by atoms with van der Waals surface area (Å²) in [6, 6.07) is 0. The molecular formula is C24H76Cr4N16Ni2O29. The second-order valence-corrected chi connectivity index (χ2v) is 14.1. The maximum Gasteiger partial charge on any atom is 5.00 e. The van der Waals surface area contributed by atoms with Gasteiger partial charge in [0.25, 0.3) is 0 Å². The predicted molar refractivity (Wildman–Crippen MR) is 212 cm³/mol. The third-order valence-corrected chi connectivity index (χ3v) is 9.60. The molecule has 0 amide bonds. The van der Waals surface area contributed by atoms with Crippen molar-refractivity contribution in [3.05, 3.63) is 9.93 Å². The Bertz CT molecular complexity index is 668. The molecule has 0 unspecified atom stereocenters. The fraction of sp³-hybridized carbons (Fsp3) is 1.00. The monoisotopic (exact) mass is 1380 g/mol. The molecule has 0 aromatic rings. The first-order chi connectivity index (χ1) is 20.6. The molecule has 0 aliphatic carbocycles. The zero-order chi connectivity index (χ0) is 28.2. The first-order valence-corrected chi connectivity index (χ1v) is 15.3. The summed E-state index contributed by atoms with van der Waals surface area (Å²) in [6.07, 6.45) is 0. The fourth-order valence-electron chi connectivity index (χ4n) is 8.93. The number of hydrogen-bond acceptors (Lipinski definition) is 18. The van der Waals surface area contributed by atoms with Gasteiger partial charge in [0.05, 0.1) is 160 Å². The van der Waals surface area contributed by atoms with Gasteiger partial charge in [-0.1, -0.05) is 0 Å². The largest absolute Gasteiger partial charge is 5.00 e. The maximum absolute atomic E-state index is 7.00. The average molecular weight is 1380 g/mol. The number of rotatable bonds is 0. The Kier molecular flexibility index (Phi) is 176. The number of nitrogens with zero attached hydrogens (tertiary/aromatic N) is 16. The van der Waals surface area contributed by atoms with Crippen molar-refractivity contribution >= 4 is 0 Å². The molecule has 16 aliphatic heterocycles. The van der Waals surface area contributed by atoms with E-state index in [1.165, 1.54) is 160 Å². The van der Waals surface area contributed by atoms with Crippen molar-refractivity contribution < 1.29 is 250 Å². The Morgan fingerprint density at radius 2 is 0.160 bits per heavy atom. The van der Waals surface area contributed by atoms with Gasteiger partial charge in [0.1, 0.15) is 0 Å². The van der Waals surface area contributed by atoms with Crippen LogP contribution in [-0.4, -0.2) is 315 Å². The average Bonchev–Trinajstić information content (AvgIpc) is 2.93. The summed E-state index contributed by atoms with van der Waals surface area (Å²) in [5.74, 6) is 0. The van der Waals surface area contributed by atoms with E-state index >= 15 is 0 Å². The van der Waals surface area contributed by atoms with Crippen LogP contribution in [0, 0.1) is 9.93 Å². The first kappa shape index (κ1) is 171. The van der Waals surface area contributed by atoms with Gasteiger partial charge < -0.3 is 148 Å². The van der Waals surface area contributed by atoms with Gasteiger partial charge in [-0.3, -0.25) is 78.4 Å². The van der Waals surface area contributed by atoms with Crippen molar-refractivity contribution in [1.82, 2.24) is 78.4 Å². The molecule has 45 nitrogen and oxygen atoms in total. The van der Waals surface area contributed by atoms with E-state index in [0.717, 1.165) is 0 Å². The molecule has 16 saturated heterocycles. The molecule has 0 aromatic carbocycles. The van der Waals surface area contributed by atoms with Gasteiger partial charge in [0, 0.05) is 9.93 Å². The van der Waals surface area contributed by atoms with Gasteiger partial charge in [0.2, 0.25) is 0 Å². The van der Waals surface area contributed by atoms with Gasteiger partial charge in [-0.05, 0) is 0 Å². The molecule has 0 atom stereocenters. The van der Waals surface area contributed by atoms with Crippen LogP contribution < -0.4 is 0 Å². The predicted octanol–water partition coefficient (Wildman–Crippen LogP) is -17.1. The van der Waals surface area contributed by atoms with E-state index in [-0.39, 0.29) is 250 Å². The van der Waals surface area contributed by atoms with Crippen LogP contribution in [0.15, 0.2) is 0 Å². The smallest absolute Gasteiger partial charge is 2.00 e. The van der Waals surface area contributed by atoms with E-state index in [2.05, 4.69) is 78.4 Å². The molecule has 6 radical (unpaired) electrons. The van der Waals surface area contributed by atoms with E-state index < -0.39 is 0 Å². The van der Waals surface area contributed by atoms with E-state index in [1.54, 1.807) is 0 Å². The van der Waals surface area contributed by atoms with Crippen molar-refractivity contribution in [3.8, 4) is 0 Å². The standard InChI is InChI=1S/4C6H12N4.4Cr.2Ni.O2.14H2O.13O/c4*1-7-2-9-4-8(1)5-10(3-7)6-9;;;;;;;1-2;;;;;;;;;;;;;;;;;;;;;;;;;;;/h4*1-6H2;;;;;;;;14*1H2;;;;;;;;;;;;;/q;;;;4*+5;2*+3;;;;;;;;;;;;;;;;13*-2. The quantitative estimate of drug-likeness (QED) is 0.203. The van der Waals surface area contributed by atoms with E-state index in [4.69, 9.17) is 9.93 Å². The van der Waals surface area contributed by atoms with Crippen molar-refractivity contribution in [1.29, 1.82) is 0 Å². The summed E-state index contributed by atoms with van der Waals surface area (Å²) < 4.78 is 0. The minimum Gasteiger partial charge on any atom is -2.00 e. The molecule has 16 aliphatic rings. The van der Waals surface area contributed by atoms with Crippen LogP contribution in [0.5, 0.6) is 0 Å². The Morgan fingerprint density at radius 1 is 0.133 bits per heavy atom.